The number of anilines is 3. The molecular formula is C70H46N2O. The summed E-state index contributed by atoms with van der Waals surface area (Å²) in [6.07, 6.45) is 0. The van der Waals surface area contributed by atoms with Crippen molar-refractivity contribution in [2.24, 2.45) is 0 Å². The zero-order valence-electron chi connectivity index (χ0n) is 39.9. The summed E-state index contributed by atoms with van der Waals surface area (Å²) >= 11 is 0. The monoisotopic (exact) mass is 930 g/mol. The summed E-state index contributed by atoms with van der Waals surface area (Å²) < 4.78 is 8.55. The number of aromatic nitrogens is 1. The van der Waals surface area contributed by atoms with Gasteiger partial charge in [0.15, 0.2) is 0 Å². The molecule has 2 heterocycles. The fourth-order valence-corrected chi connectivity index (χ4v) is 11.0. The first-order valence-corrected chi connectivity index (χ1v) is 25.0. The number of fused-ring (bicyclic) bond motifs is 7. The van der Waals surface area contributed by atoms with Crippen molar-refractivity contribution in [1.29, 1.82) is 0 Å². The third-order valence-corrected chi connectivity index (χ3v) is 14.6. The van der Waals surface area contributed by atoms with E-state index in [4.69, 9.17) is 4.42 Å². The predicted octanol–water partition coefficient (Wildman–Crippen LogP) is 19.6. The Morgan fingerprint density at radius 1 is 0.260 bits per heavy atom. The Kier molecular flexibility index (Phi) is 10.2. The maximum Gasteiger partial charge on any atom is 0.135 e. The van der Waals surface area contributed by atoms with Crippen molar-refractivity contribution in [3.8, 4) is 61.3 Å². The summed E-state index contributed by atoms with van der Waals surface area (Å²) in [7, 11) is 0. The number of rotatable bonds is 9. The normalized spacial score (nSPS) is 11.6. The molecule has 14 rings (SSSR count). The summed E-state index contributed by atoms with van der Waals surface area (Å²) in [5, 5.41) is 7.28. The molecule has 2 aromatic heterocycles. The van der Waals surface area contributed by atoms with E-state index in [1.165, 1.54) is 71.5 Å². The van der Waals surface area contributed by atoms with Crippen LogP contribution in [0.1, 0.15) is 0 Å². The summed E-state index contributed by atoms with van der Waals surface area (Å²) in [4.78, 5) is 2.35. The summed E-state index contributed by atoms with van der Waals surface area (Å²) in [5.41, 5.74) is 20.3. The van der Waals surface area contributed by atoms with Crippen LogP contribution in [0.2, 0.25) is 0 Å². The van der Waals surface area contributed by atoms with Crippen LogP contribution in [0.3, 0.4) is 0 Å². The quantitative estimate of drug-likeness (QED) is 0.144. The summed E-state index contributed by atoms with van der Waals surface area (Å²) in [6.45, 7) is 0. The third-order valence-electron chi connectivity index (χ3n) is 14.6. The van der Waals surface area contributed by atoms with Crippen LogP contribution in [-0.4, -0.2) is 4.57 Å². The highest BCUT2D eigenvalue weighted by molar-refractivity contribution is 6.09. The van der Waals surface area contributed by atoms with Gasteiger partial charge in [0, 0.05) is 44.3 Å². The van der Waals surface area contributed by atoms with Crippen molar-refractivity contribution in [2.75, 3.05) is 4.90 Å². The van der Waals surface area contributed by atoms with Crippen LogP contribution in [0.5, 0.6) is 0 Å². The number of nitrogens with zero attached hydrogens (tertiary/aromatic N) is 2. The zero-order chi connectivity index (χ0) is 48.2. The number of hydrogen-bond acceptors (Lipinski definition) is 2. The average molecular weight is 931 g/mol. The standard InChI is InChI=1S/C70H46N2O/c1-2-21-61-50(13-1)14-12-25-62(61)56-19-10-16-52(44-56)48-31-38-58(39-32-48)71(59-40-33-49(34-41-59)55-35-42-70-66(46-55)65-24-5-8-28-69(65)73-70)57-36-29-47(30-37-57)51-15-9-17-53(43-51)54-18-11-20-60(45-54)72-67-26-6-3-22-63(67)64-23-4-7-27-68(64)72/h1-46H. The molecule has 14 aromatic rings. The maximum atomic E-state index is 6.17. The molecule has 0 N–H and O–H groups in total. The van der Waals surface area contributed by atoms with Crippen molar-refractivity contribution < 1.29 is 4.42 Å². The van der Waals surface area contributed by atoms with Gasteiger partial charge in [-0.3, -0.25) is 0 Å². The first kappa shape index (κ1) is 42.2. The molecule has 73 heavy (non-hydrogen) atoms. The largest absolute Gasteiger partial charge is 0.456 e. The minimum absolute atomic E-state index is 0.899. The molecule has 0 aliphatic rings. The molecule has 342 valence electrons. The van der Waals surface area contributed by atoms with E-state index >= 15 is 0 Å². The zero-order valence-corrected chi connectivity index (χ0v) is 39.9. The van der Waals surface area contributed by atoms with E-state index in [9.17, 15) is 0 Å². The fourth-order valence-electron chi connectivity index (χ4n) is 11.0. The molecule has 0 atom stereocenters. The molecule has 0 spiro atoms. The van der Waals surface area contributed by atoms with E-state index in [1.54, 1.807) is 0 Å². The molecule has 0 unspecified atom stereocenters. The predicted molar refractivity (Wildman–Crippen MR) is 307 cm³/mol. The lowest BCUT2D eigenvalue weighted by Crippen LogP contribution is -2.09. The van der Waals surface area contributed by atoms with Gasteiger partial charge in [-0.1, -0.05) is 188 Å². The van der Waals surface area contributed by atoms with Gasteiger partial charge >= 0.3 is 0 Å². The Balaban J connectivity index is 0.805. The Morgan fingerprint density at radius 3 is 1.32 bits per heavy atom. The van der Waals surface area contributed by atoms with Gasteiger partial charge in [-0.2, -0.15) is 0 Å². The number of hydrogen-bond donors (Lipinski definition) is 0. The number of benzene rings is 12. The highest BCUT2D eigenvalue weighted by Gasteiger charge is 2.17. The van der Waals surface area contributed by atoms with E-state index in [1.807, 2.05) is 12.1 Å². The van der Waals surface area contributed by atoms with Crippen molar-refractivity contribution in [3.05, 3.63) is 279 Å². The first-order valence-electron chi connectivity index (χ1n) is 25.0. The molecule has 12 aromatic carbocycles. The Labute approximate surface area is 423 Å². The molecule has 3 heteroatoms. The Bertz CT molecular complexity index is 4310. The second-order valence-electron chi connectivity index (χ2n) is 18.9. The van der Waals surface area contributed by atoms with Gasteiger partial charge < -0.3 is 13.9 Å². The number of furan rings is 1. The summed E-state index contributed by atoms with van der Waals surface area (Å²) in [5.74, 6) is 0. The van der Waals surface area contributed by atoms with Crippen LogP contribution >= 0.6 is 0 Å². The van der Waals surface area contributed by atoms with Gasteiger partial charge in [0.25, 0.3) is 0 Å². The fraction of sp³-hybridized carbons (Fsp3) is 0. The van der Waals surface area contributed by atoms with Crippen LogP contribution < -0.4 is 4.90 Å². The molecule has 3 nitrogen and oxygen atoms in total. The van der Waals surface area contributed by atoms with Crippen LogP contribution in [0.25, 0.3) is 116 Å². The van der Waals surface area contributed by atoms with Crippen LogP contribution in [-0.2, 0) is 0 Å². The van der Waals surface area contributed by atoms with Crippen molar-refractivity contribution in [2.45, 2.75) is 0 Å². The average Bonchev–Trinajstić information content (AvgIpc) is 4.01. The third kappa shape index (κ3) is 7.54. The lowest BCUT2D eigenvalue weighted by Gasteiger charge is -2.26. The van der Waals surface area contributed by atoms with Gasteiger partial charge in [0.1, 0.15) is 11.2 Å². The molecule has 0 aliphatic heterocycles. The highest BCUT2D eigenvalue weighted by Crippen LogP contribution is 2.41. The maximum absolute atomic E-state index is 6.17. The van der Waals surface area contributed by atoms with Crippen LogP contribution in [0.15, 0.2) is 283 Å². The molecule has 0 fully saturated rings. The topological polar surface area (TPSA) is 21.3 Å². The van der Waals surface area contributed by atoms with Gasteiger partial charge in [-0.05, 0) is 157 Å². The highest BCUT2D eigenvalue weighted by atomic mass is 16.3. The van der Waals surface area contributed by atoms with Crippen molar-refractivity contribution >= 4 is 71.6 Å². The minimum Gasteiger partial charge on any atom is -0.456 e. The smallest absolute Gasteiger partial charge is 0.135 e. The lowest BCUT2D eigenvalue weighted by atomic mass is 9.95. The van der Waals surface area contributed by atoms with Crippen molar-refractivity contribution in [3.63, 3.8) is 0 Å². The number of para-hydroxylation sites is 3. The van der Waals surface area contributed by atoms with E-state index in [0.717, 1.165) is 61.4 Å². The first-order chi connectivity index (χ1) is 36.2. The van der Waals surface area contributed by atoms with E-state index < -0.39 is 0 Å². The second-order valence-corrected chi connectivity index (χ2v) is 18.9. The van der Waals surface area contributed by atoms with Gasteiger partial charge in [0.05, 0.1) is 11.0 Å². The molecule has 0 saturated heterocycles. The van der Waals surface area contributed by atoms with E-state index in [2.05, 4.69) is 276 Å². The van der Waals surface area contributed by atoms with Crippen molar-refractivity contribution in [1.82, 2.24) is 4.57 Å². The molecule has 0 saturated carbocycles. The summed E-state index contributed by atoms with van der Waals surface area (Å²) in [6, 6.07) is 101. The Morgan fingerprint density at radius 2 is 0.685 bits per heavy atom. The van der Waals surface area contributed by atoms with Crippen LogP contribution in [0, 0.1) is 0 Å². The van der Waals surface area contributed by atoms with Gasteiger partial charge in [-0.25, -0.2) is 0 Å². The molecule has 0 radical (unpaired) electrons. The molecule has 0 bridgehead atoms. The van der Waals surface area contributed by atoms with E-state index in [-0.39, 0.29) is 0 Å². The molecular weight excluding hydrogens is 885 g/mol. The van der Waals surface area contributed by atoms with Gasteiger partial charge in [0.2, 0.25) is 0 Å². The van der Waals surface area contributed by atoms with Gasteiger partial charge in [-0.15, -0.1) is 0 Å². The SMILES string of the molecule is c1cc(-c2ccc(N(c3ccc(-c4cccc(-c5cccc6ccccc56)c4)cc3)c3ccc(-c4ccc5oc6ccccc6c5c4)cc3)cc2)cc(-c2cccc(-n3c4ccccc4c4ccccc43)c2)c1. The Hall–Kier alpha value is -9.70. The lowest BCUT2D eigenvalue weighted by molar-refractivity contribution is 0.669. The van der Waals surface area contributed by atoms with Crippen LogP contribution in [0.4, 0.5) is 17.1 Å². The minimum atomic E-state index is 0.899. The van der Waals surface area contributed by atoms with E-state index in [0.29, 0.717) is 0 Å². The molecule has 0 amide bonds. The second kappa shape index (κ2) is 17.6. The molecule has 0 aliphatic carbocycles.